The number of halogens is 1. The summed E-state index contributed by atoms with van der Waals surface area (Å²) in [5.41, 5.74) is 1.30. The van der Waals surface area contributed by atoms with Gasteiger partial charge in [-0.2, -0.15) is 0 Å². The van der Waals surface area contributed by atoms with E-state index in [-0.39, 0.29) is 12.4 Å². The van der Waals surface area contributed by atoms with Gasteiger partial charge in [0.15, 0.2) is 6.29 Å². The number of phenols is 1. The minimum atomic E-state index is 0.199. The quantitative estimate of drug-likeness (QED) is 0.859. The van der Waals surface area contributed by atoms with Crippen molar-refractivity contribution in [2.75, 3.05) is 0 Å². The highest BCUT2D eigenvalue weighted by molar-refractivity contribution is 6.32. The van der Waals surface area contributed by atoms with Gasteiger partial charge in [-0.3, -0.25) is 4.79 Å². The third kappa shape index (κ3) is 2.81. The lowest BCUT2D eigenvalue weighted by Gasteiger charge is -2.10. The van der Waals surface area contributed by atoms with Crippen LogP contribution in [0.4, 0.5) is 0 Å². The Balaban J connectivity index is 2.15. The van der Waals surface area contributed by atoms with E-state index in [1.165, 1.54) is 0 Å². The van der Waals surface area contributed by atoms with Crippen LogP contribution in [0, 0.1) is 0 Å². The molecule has 92 valence electrons. The molecule has 0 unspecified atom stereocenters. The van der Waals surface area contributed by atoms with Gasteiger partial charge in [-0.15, -0.1) is 0 Å². The normalized spacial score (nSPS) is 10.1. The van der Waals surface area contributed by atoms with Gasteiger partial charge in [0.05, 0.1) is 10.6 Å². The maximum absolute atomic E-state index is 10.9. The van der Waals surface area contributed by atoms with Gasteiger partial charge >= 0.3 is 0 Å². The van der Waals surface area contributed by atoms with Crippen molar-refractivity contribution >= 4 is 17.9 Å². The molecule has 0 aromatic heterocycles. The van der Waals surface area contributed by atoms with Crippen LogP contribution in [0.5, 0.6) is 11.5 Å². The van der Waals surface area contributed by atoms with Crippen molar-refractivity contribution in [3.05, 3.63) is 58.6 Å². The molecule has 0 spiro atoms. The Labute approximate surface area is 110 Å². The number of rotatable bonds is 4. The highest BCUT2D eigenvalue weighted by Gasteiger charge is 2.07. The van der Waals surface area contributed by atoms with Crippen LogP contribution in [-0.4, -0.2) is 11.4 Å². The number of benzene rings is 2. The fourth-order valence-corrected chi connectivity index (χ4v) is 1.75. The lowest BCUT2D eigenvalue weighted by molar-refractivity contribution is 0.111. The first kappa shape index (κ1) is 12.5. The van der Waals surface area contributed by atoms with Gasteiger partial charge in [0.25, 0.3) is 0 Å². The summed E-state index contributed by atoms with van der Waals surface area (Å²) in [4.78, 5) is 10.9. The fraction of sp³-hybridized carbons (Fsp3) is 0.0714. The Morgan fingerprint density at radius 2 is 1.89 bits per heavy atom. The molecule has 2 aromatic carbocycles. The molecule has 2 rings (SSSR count). The van der Waals surface area contributed by atoms with E-state index in [0.29, 0.717) is 22.6 Å². The molecule has 0 aliphatic heterocycles. The van der Waals surface area contributed by atoms with Gasteiger partial charge in [0.2, 0.25) is 0 Å². The Hall–Kier alpha value is -2.00. The predicted octanol–water partition coefficient (Wildman–Crippen LogP) is 3.44. The maximum Gasteiger partial charge on any atom is 0.153 e. The molecule has 0 fully saturated rings. The van der Waals surface area contributed by atoms with Crippen LogP contribution in [0.2, 0.25) is 5.02 Å². The number of carbonyl (C=O) groups is 1. The molecule has 0 bridgehead atoms. The van der Waals surface area contributed by atoms with Gasteiger partial charge in [-0.1, -0.05) is 29.8 Å². The first-order valence-electron chi connectivity index (χ1n) is 5.35. The molecule has 18 heavy (non-hydrogen) atoms. The zero-order chi connectivity index (χ0) is 13.0. The monoisotopic (exact) mass is 262 g/mol. The lowest BCUT2D eigenvalue weighted by Crippen LogP contribution is -1.98. The van der Waals surface area contributed by atoms with E-state index < -0.39 is 0 Å². The maximum atomic E-state index is 10.9. The first-order valence-corrected chi connectivity index (χ1v) is 5.73. The van der Waals surface area contributed by atoms with Crippen molar-refractivity contribution in [1.29, 1.82) is 0 Å². The molecule has 0 saturated heterocycles. The third-order valence-electron chi connectivity index (χ3n) is 2.44. The van der Waals surface area contributed by atoms with Crippen molar-refractivity contribution in [2.45, 2.75) is 6.61 Å². The molecule has 0 atom stereocenters. The smallest absolute Gasteiger partial charge is 0.153 e. The highest BCUT2D eigenvalue weighted by atomic mass is 35.5. The Bertz CT molecular complexity index is 549. The standard InChI is InChI=1S/C14H11ClO3/c15-13-3-1-2-11(8-16)14(13)18-9-10-4-6-12(17)7-5-10/h1-8,17H,9H2. The first-order chi connectivity index (χ1) is 8.70. The second-order valence-corrected chi connectivity index (χ2v) is 4.14. The summed E-state index contributed by atoms with van der Waals surface area (Å²) in [5, 5.41) is 9.56. The molecule has 0 radical (unpaired) electrons. The van der Waals surface area contributed by atoms with Crippen LogP contribution in [0.15, 0.2) is 42.5 Å². The summed E-state index contributed by atoms with van der Waals surface area (Å²) in [6.07, 6.45) is 0.706. The Morgan fingerprint density at radius 1 is 1.17 bits per heavy atom. The molecule has 0 heterocycles. The summed E-state index contributed by atoms with van der Waals surface area (Å²) < 4.78 is 5.54. The molecule has 4 heteroatoms. The highest BCUT2D eigenvalue weighted by Crippen LogP contribution is 2.28. The van der Waals surface area contributed by atoms with Crippen LogP contribution in [0.25, 0.3) is 0 Å². The Kier molecular flexibility index (Phi) is 3.85. The van der Waals surface area contributed by atoms with E-state index in [1.54, 1.807) is 42.5 Å². The minimum absolute atomic E-state index is 0.199. The van der Waals surface area contributed by atoms with E-state index in [1.807, 2.05) is 0 Å². The number of aromatic hydroxyl groups is 1. The predicted molar refractivity (Wildman–Crippen MR) is 69.3 cm³/mol. The second-order valence-electron chi connectivity index (χ2n) is 3.73. The van der Waals surface area contributed by atoms with E-state index in [9.17, 15) is 4.79 Å². The second kappa shape index (κ2) is 5.56. The van der Waals surface area contributed by atoms with Gasteiger partial charge in [0, 0.05) is 0 Å². The van der Waals surface area contributed by atoms with Crippen molar-refractivity contribution < 1.29 is 14.6 Å². The van der Waals surface area contributed by atoms with E-state index in [0.717, 1.165) is 5.56 Å². The molecular formula is C14H11ClO3. The van der Waals surface area contributed by atoms with Gasteiger partial charge in [0.1, 0.15) is 18.1 Å². The minimum Gasteiger partial charge on any atom is -0.508 e. The zero-order valence-electron chi connectivity index (χ0n) is 9.47. The number of hydrogen-bond donors (Lipinski definition) is 1. The van der Waals surface area contributed by atoms with E-state index >= 15 is 0 Å². The fourth-order valence-electron chi connectivity index (χ4n) is 1.52. The lowest BCUT2D eigenvalue weighted by atomic mass is 10.2. The molecule has 0 aliphatic rings. The van der Waals surface area contributed by atoms with Crippen LogP contribution in [0.1, 0.15) is 15.9 Å². The van der Waals surface area contributed by atoms with Crippen molar-refractivity contribution in [2.24, 2.45) is 0 Å². The van der Waals surface area contributed by atoms with Crippen LogP contribution in [0.3, 0.4) is 0 Å². The number of para-hydroxylation sites is 1. The SMILES string of the molecule is O=Cc1cccc(Cl)c1OCc1ccc(O)cc1. The zero-order valence-corrected chi connectivity index (χ0v) is 10.2. The average Bonchev–Trinajstić information content (AvgIpc) is 2.39. The number of carbonyl (C=O) groups excluding carboxylic acids is 1. The summed E-state index contributed by atoms with van der Waals surface area (Å²) in [6, 6.07) is 11.6. The van der Waals surface area contributed by atoms with Gasteiger partial charge in [-0.25, -0.2) is 0 Å². The molecule has 3 nitrogen and oxygen atoms in total. The average molecular weight is 263 g/mol. The largest absolute Gasteiger partial charge is 0.508 e. The van der Waals surface area contributed by atoms with Crippen LogP contribution < -0.4 is 4.74 Å². The van der Waals surface area contributed by atoms with E-state index in [4.69, 9.17) is 21.4 Å². The molecule has 0 saturated carbocycles. The molecule has 2 aromatic rings. The topological polar surface area (TPSA) is 46.5 Å². The van der Waals surface area contributed by atoms with Gasteiger partial charge < -0.3 is 9.84 Å². The summed E-state index contributed by atoms with van der Waals surface area (Å²) in [6.45, 7) is 0.283. The molecular weight excluding hydrogens is 252 g/mol. The van der Waals surface area contributed by atoms with Crippen LogP contribution in [-0.2, 0) is 6.61 Å². The third-order valence-corrected chi connectivity index (χ3v) is 2.74. The Morgan fingerprint density at radius 3 is 2.56 bits per heavy atom. The molecule has 0 aliphatic carbocycles. The summed E-state index contributed by atoms with van der Waals surface area (Å²) in [5.74, 6) is 0.576. The van der Waals surface area contributed by atoms with Crippen molar-refractivity contribution in [3.63, 3.8) is 0 Å². The van der Waals surface area contributed by atoms with Crippen molar-refractivity contribution in [1.82, 2.24) is 0 Å². The number of ether oxygens (including phenoxy) is 1. The summed E-state index contributed by atoms with van der Waals surface area (Å²) >= 11 is 5.98. The number of aldehydes is 1. The number of phenolic OH excluding ortho intramolecular Hbond substituents is 1. The molecule has 1 N–H and O–H groups in total. The van der Waals surface area contributed by atoms with Crippen molar-refractivity contribution in [3.8, 4) is 11.5 Å². The number of hydrogen-bond acceptors (Lipinski definition) is 3. The summed E-state index contributed by atoms with van der Waals surface area (Å²) in [7, 11) is 0. The molecule has 0 amide bonds. The van der Waals surface area contributed by atoms with Crippen LogP contribution >= 0.6 is 11.6 Å². The van der Waals surface area contributed by atoms with Gasteiger partial charge in [-0.05, 0) is 29.8 Å². The van der Waals surface area contributed by atoms with E-state index in [2.05, 4.69) is 0 Å².